The van der Waals surface area contributed by atoms with Crippen LogP contribution < -0.4 is 0 Å². The maximum absolute atomic E-state index is 12.7. The molecule has 1 heterocycles. The van der Waals surface area contributed by atoms with Crippen LogP contribution in [0.4, 0.5) is 0 Å². The summed E-state index contributed by atoms with van der Waals surface area (Å²) in [4.78, 5) is 0.283. The molecule has 0 aliphatic heterocycles. The van der Waals surface area contributed by atoms with Crippen LogP contribution in [0.25, 0.3) is 0 Å². The van der Waals surface area contributed by atoms with E-state index in [0.717, 1.165) is 12.0 Å². The van der Waals surface area contributed by atoms with Gasteiger partial charge in [-0.3, -0.25) is 4.68 Å². The monoisotopic (exact) mass is 355 g/mol. The summed E-state index contributed by atoms with van der Waals surface area (Å²) in [6.07, 6.45) is 2.53. The van der Waals surface area contributed by atoms with Gasteiger partial charge in [0.1, 0.15) is 0 Å². The fraction of sp³-hybridized carbons (Fsp3) is 0.438. The van der Waals surface area contributed by atoms with Gasteiger partial charge in [0, 0.05) is 14.1 Å². The van der Waals surface area contributed by atoms with Crippen molar-refractivity contribution in [1.29, 1.82) is 0 Å². The molecule has 0 spiro atoms. The minimum Gasteiger partial charge on any atom is -0.270 e. The third-order valence-electron chi connectivity index (χ3n) is 4.15. The Labute approximate surface area is 142 Å². The van der Waals surface area contributed by atoms with Gasteiger partial charge in [0.05, 0.1) is 28.4 Å². The molecule has 1 unspecified atom stereocenters. The van der Waals surface area contributed by atoms with Crippen LogP contribution in [0.15, 0.2) is 35.4 Å². The SMILES string of the molecule is CCC(C)c1ccc(S(=O)(=O)N(C)Cc2c(Cl)cnn2C)cc1. The normalized spacial score (nSPS) is 13.5. The lowest BCUT2D eigenvalue weighted by Gasteiger charge is -2.18. The second-order valence-electron chi connectivity index (χ2n) is 5.70. The summed E-state index contributed by atoms with van der Waals surface area (Å²) in [6, 6.07) is 7.09. The second-order valence-corrected chi connectivity index (χ2v) is 8.15. The van der Waals surface area contributed by atoms with Gasteiger partial charge in [-0.05, 0) is 30.0 Å². The quantitative estimate of drug-likeness (QED) is 0.797. The number of hydrogen-bond donors (Lipinski definition) is 0. The molecule has 1 aromatic heterocycles. The molecule has 5 nitrogen and oxygen atoms in total. The van der Waals surface area contributed by atoms with Crippen molar-refractivity contribution in [2.24, 2.45) is 7.05 Å². The zero-order valence-corrected chi connectivity index (χ0v) is 15.4. The number of rotatable bonds is 6. The predicted molar refractivity (Wildman–Crippen MR) is 92.0 cm³/mol. The second kappa shape index (κ2) is 7.03. The summed E-state index contributed by atoms with van der Waals surface area (Å²) in [6.45, 7) is 4.41. The Morgan fingerprint density at radius 3 is 2.39 bits per heavy atom. The Bertz CT molecular complexity index is 750. The number of benzene rings is 1. The van der Waals surface area contributed by atoms with Gasteiger partial charge in [-0.25, -0.2) is 8.42 Å². The molecule has 2 aromatic rings. The maximum atomic E-state index is 12.7. The van der Waals surface area contributed by atoms with Crippen LogP contribution in [-0.4, -0.2) is 29.6 Å². The summed E-state index contributed by atoms with van der Waals surface area (Å²) >= 11 is 6.05. The van der Waals surface area contributed by atoms with Crippen LogP contribution >= 0.6 is 11.6 Å². The van der Waals surface area contributed by atoms with Gasteiger partial charge in [-0.1, -0.05) is 37.6 Å². The summed E-state index contributed by atoms with van der Waals surface area (Å²) < 4.78 is 28.2. The van der Waals surface area contributed by atoms with Gasteiger partial charge in [0.2, 0.25) is 10.0 Å². The molecule has 7 heteroatoms. The number of aromatic nitrogens is 2. The lowest BCUT2D eigenvalue weighted by molar-refractivity contribution is 0.453. The first-order chi connectivity index (χ1) is 10.8. The lowest BCUT2D eigenvalue weighted by Crippen LogP contribution is -2.27. The molecule has 0 saturated carbocycles. The average Bonchev–Trinajstić information content (AvgIpc) is 2.86. The van der Waals surface area contributed by atoms with Crippen LogP contribution in [0.1, 0.15) is 37.4 Å². The fourth-order valence-corrected chi connectivity index (χ4v) is 3.65. The molecule has 0 radical (unpaired) electrons. The number of hydrogen-bond acceptors (Lipinski definition) is 3. The molecular formula is C16H22ClN3O2S. The molecule has 1 atom stereocenters. The van der Waals surface area contributed by atoms with E-state index in [1.165, 1.54) is 10.5 Å². The van der Waals surface area contributed by atoms with E-state index in [4.69, 9.17) is 11.6 Å². The van der Waals surface area contributed by atoms with E-state index >= 15 is 0 Å². The van der Waals surface area contributed by atoms with E-state index in [-0.39, 0.29) is 11.4 Å². The smallest absolute Gasteiger partial charge is 0.243 e. The fourth-order valence-electron chi connectivity index (χ4n) is 2.29. The van der Waals surface area contributed by atoms with E-state index in [1.807, 2.05) is 12.1 Å². The number of nitrogens with zero attached hydrogens (tertiary/aromatic N) is 3. The highest BCUT2D eigenvalue weighted by Crippen LogP contribution is 2.23. The van der Waals surface area contributed by atoms with E-state index in [1.54, 1.807) is 30.9 Å². The Balaban J connectivity index is 2.23. The molecule has 23 heavy (non-hydrogen) atoms. The van der Waals surface area contributed by atoms with Crippen molar-refractivity contribution in [3.8, 4) is 0 Å². The number of aryl methyl sites for hydroxylation is 1. The van der Waals surface area contributed by atoms with Crippen molar-refractivity contribution in [1.82, 2.24) is 14.1 Å². The molecular weight excluding hydrogens is 334 g/mol. The lowest BCUT2D eigenvalue weighted by atomic mass is 9.99. The minimum atomic E-state index is -3.56. The standard InChI is InChI=1S/C16H22ClN3O2S/c1-5-12(2)13-6-8-14(9-7-13)23(21,22)19(3)11-16-15(17)10-18-20(16)4/h6-10,12H,5,11H2,1-4H3. The first kappa shape index (κ1) is 18.0. The average molecular weight is 356 g/mol. The van der Waals surface area contributed by atoms with E-state index < -0.39 is 10.0 Å². The molecule has 0 saturated heterocycles. The van der Waals surface area contributed by atoms with Gasteiger partial charge >= 0.3 is 0 Å². The van der Waals surface area contributed by atoms with E-state index in [0.29, 0.717) is 16.6 Å². The van der Waals surface area contributed by atoms with Crippen molar-refractivity contribution in [2.45, 2.75) is 37.6 Å². The third-order valence-corrected chi connectivity index (χ3v) is 6.29. The summed E-state index contributed by atoms with van der Waals surface area (Å²) in [7, 11) is -0.283. The maximum Gasteiger partial charge on any atom is 0.243 e. The first-order valence-electron chi connectivity index (χ1n) is 7.50. The topological polar surface area (TPSA) is 55.2 Å². The van der Waals surface area contributed by atoms with Gasteiger partial charge in [-0.2, -0.15) is 9.40 Å². The minimum absolute atomic E-state index is 0.171. The van der Waals surface area contributed by atoms with Gasteiger partial charge in [-0.15, -0.1) is 0 Å². The van der Waals surface area contributed by atoms with Crippen molar-refractivity contribution >= 4 is 21.6 Å². The summed E-state index contributed by atoms with van der Waals surface area (Å²) in [5.41, 5.74) is 1.80. The molecule has 0 amide bonds. The van der Waals surface area contributed by atoms with E-state index in [2.05, 4.69) is 18.9 Å². The molecule has 2 rings (SSSR count). The van der Waals surface area contributed by atoms with Crippen LogP contribution in [0.2, 0.25) is 5.02 Å². The van der Waals surface area contributed by atoms with Gasteiger partial charge in [0.25, 0.3) is 0 Å². The Morgan fingerprint density at radius 2 is 1.91 bits per heavy atom. The molecule has 1 aromatic carbocycles. The highest BCUT2D eigenvalue weighted by molar-refractivity contribution is 7.89. The van der Waals surface area contributed by atoms with Crippen molar-refractivity contribution in [3.05, 3.63) is 46.7 Å². The zero-order valence-electron chi connectivity index (χ0n) is 13.8. The van der Waals surface area contributed by atoms with E-state index in [9.17, 15) is 8.42 Å². The Kier molecular flexibility index (Phi) is 5.49. The van der Waals surface area contributed by atoms with Crippen molar-refractivity contribution in [2.75, 3.05) is 7.05 Å². The third kappa shape index (κ3) is 3.76. The van der Waals surface area contributed by atoms with Gasteiger partial charge < -0.3 is 0 Å². The number of sulfonamides is 1. The van der Waals surface area contributed by atoms with Crippen molar-refractivity contribution in [3.63, 3.8) is 0 Å². The molecule has 126 valence electrons. The number of halogens is 1. The molecule has 0 bridgehead atoms. The molecule has 0 aliphatic rings. The first-order valence-corrected chi connectivity index (χ1v) is 9.31. The largest absolute Gasteiger partial charge is 0.270 e. The highest BCUT2D eigenvalue weighted by atomic mass is 35.5. The van der Waals surface area contributed by atoms with Crippen LogP contribution in [-0.2, 0) is 23.6 Å². The highest BCUT2D eigenvalue weighted by Gasteiger charge is 2.23. The summed E-state index contributed by atoms with van der Waals surface area (Å²) in [5, 5.41) is 4.49. The predicted octanol–water partition coefficient (Wildman–Crippen LogP) is 3.41. The van der Waals surface area contributed by atoms with Crippen LogP contribution in [0.5, 0.6) is 0 Å². The molecule has 0 aliphatic carbocycles. The Morgan fingerprint density at radius 1 is 1.30 bits per heavy atom. The molecule has 0 N–H and O–H groups in total. The molecule has 0 fully saturated rings. The van der Waals surface area contributed by atoms with Crippen molar-refractivity contribution < 1.29 is 8.42 Å². The van der Waals surface area contributed by atoms with Crippen LogP contribution in [0, 0.1) is 0 Å². The van der Waals surface area contributed by atoms with Gasteiger partial charge in [0.15, 0.2) is 0 Å². The zero-order chi connectivity index (χ0) is 17.2. The Hall–Kier alpha value is -1.37. The van der Waals surface area contributed by atoms with Crippen LogP contribution in [0.3, 0.4) is 0 Å². The summed E-state index contributed by atoms with van der Waals surface area (Å²) in [5.74, 6) is 0.415.